The number of carbonyl (C=O) groups is 2. The molecule has 0 aliphatic heterocycles. The summed E-state index contributed by atoms with van der Waals surface area (Å²) in [5, 5.41) is 13.5. The Hall–Kier alpha value is -3.71. The first kappa shape index (κ1) is 19.6. The van der Waals surface area contributed by atoms with E-state index in [1.165, 1.54) is 0 Å². The van der Waals surface area contributed by atoms with Crippen molar-refractivity contribution in [3.63, 3.8) is 0 Å². The summed E-state index contributed by atoms with van der Waals surface area (Å²) in [6.45, 7) is 1.91. The van der Waals surface area contributed by atoms with Gasteiger partial charge in [0.2, 0.25) is 5.91 Å². The molecule has 2 aromatic carbocycles. The van der Waals surface area contributed by atoms with Crippen LogP contribution < -0.4 is 10.8 Å². The number of nitrogens with zero attached hydrogens (tertiary/aromatic N) is 2. The molecule has 2 amide bonds. The fraction of sp³-hybridized carbons (Fsp3) is 0.174. The van der Waals surface area contributed by atoms with Crippen molar-refractivity contribution in [2.75, 3.05) is 5.32 Å². The van der Waals surface area contributed by atoms with Crippen molar-refractivity contribution in [1.82, 2.24) is 15.0 Å². The van der Waals surface area contributed by atoms with Gasteiger partial charge in [0, 0.05) is 35.4 Å². The van der Waals surface area contributed by atoms with E-state index in [4.69, 9.17) is 5.21 Å². The van der Waals surface area contributed by atoms with Crippen LogP contribution >= 0.6 is 0 Å². The Morgan fingerprint density at radius 2 is 1.80 bits per heavy atom. The summed E-state index contributed by atoms with van der Waals surface area (Å²) in [7, 11) is 2.00. The number of hydrogen-bond donors (Lipinski definition) is 3. The van der Waals surface area contributed by atoms with Crippen LogP contribution in [-0.4, -0.2) is 26.6 Å². The number of para-hydroxylation sites is 1. The maximum Gasteiger partial charge on any atom is 0.274 e. The molecule has 0 radical (unpaired) electrons. The number of aromatic nitrogens is 2. The van der Waals surface area contributed by atoms with E-state index in [2.05, 4.69) is 27.0 Å². The van der Waals surface area contributed by atoms with Crippen LogP contribution in [0.5, 0.6) is 0 Å². The zero-order chi connectivity index (χ0) is 21.3. The van der Waals surface area contributed by atoms with Gasteiger partial charge in [0.05, 0.1) is 11.2 Å². The van der Waals surface area contributed by atoms with Gasteiger partial charge in [-0.15, -0.1) is 0 Å². The molecule has 0 bridgehead atoms. The second-order valence-electron chi connectivity index (χ2n) is 7.25. The zero-order valence-corrected chi connectivity index (χ0v) is 16.8. The van der Waals surface area contributed by atoms with Crippen LogP contribution in [-0.2, 0) is 18.3 Å². The number of pyridine rings is 1. The van der Waals surface area contributed by atoms with Crippen molar-refractivity contribution in [1.29, 1.82) is 0 Å². The van der Waals surface area contributed by atoms with Crippen LogP contribution in [0.15, 0.2) is 54.6 Å². The normalized spacial score (nSPS) is 11.0. The number of rotatable bonds is 5. The third-order valence-electron chi connectivity index (χ3n) is 5.27. The van der Waals surface area contributed by atoms with Crippen LogP contribution in [0.3, 0.4) is 0 Å². The average Bonchev–Trinajstić information content (AvgIpc) is 3.05. The number of fused-ring (bicyclic) bond motifs is 3. The molecule has 7 heteroatoms. The van der Waals surface area contributed by atoms with E-state index >= 15 is 0 Å². The van der Waals surface area contributed by atoms with Gasteiger partial charge in [-0.2, -0.15) is 0 Å². The highest BCUT2D eigenvalue weighted by molar-refractivity contribution is 6.12. The third kappa shape index (κ3) is 3.62. The fourth-order valence-electron chi connectivity index (χ4n) is 3.79. The summed E-state index contributed by atoms with van der Waals surface area (Å²) in [5.74, 6) is -0.710. The molecule has 0 saturated heterocycles. The van der Waals surface area contributed by atoms with Gasteiger partial charge in [0.15, 0.2) is 0 Å². The predicted molar refractivity (Wildman–Crippen MR) is 116 cm³/mol. The van der Waals surface area contributed by atoms with Crippen molar-refractivity contribution in [2.45, 2.75) is 19.8 Å². The van der Waals surface area contributed by atoms with Gasteiger partial charge in [0.25, 0.3) is 5.91 Å². The first-order chi connectivity index (χ1) is 14.5. The first-order valence-electron chi connectivity index (χ1n) is 9.66. The highest BCUT2D eigenvalue weighted by Gasteiger charge is 2.16. The Labute approximate surface area is 173 Å². The van der Waals surface area contributed by atoms with Crippen molar-refractivity contribution in [2.24, 2.45) is 7.05 Å². The first-order valence-corrected chi connectivity index (χ1v) is 9.66. The summed E-state index contributed by atoms with van der Waals surface area (Å²) in [5.41, 5.74) is 6.47. The Morgan fingerprint density at radius 3 is 2.53 bits per heavy atom. The quantitative estimate of drug-likeness (QED) is 0.350. The van der Waals surface area contributed by atoms with Crippen molar-refractivity contribution in [3.8, 4) is 0 Å². The number of hydrogen-bond acceptors (Lipinski definition) is 4. The second kappa shape index (κ2) is 7.96. The molecule has 4 rings (SSSR count). The lowest BCUT2D eigenvalue weighted by Gasteiger charge is -2.08. The molecule has 2 aromatic heterocycles. The van der Waals surface area contributed by atoms with E-state index in [0.29, 0.717) is 17.8 Å². The molecule has 2 heterocycles. The summed E-state index contributed by atoms with van der Waals surface area (Å²) in [4.78, 5) is 28.5. The molecule has 0 aliphatic rings. The number of benzene rings is 2. The SMILES string of the molecule is Cc1nc(C(=O)Nc2ccc(CCC(=O)NO)cc2)cc2c3ccccc3n(C)c12. The molecule has 0 unspecified atom stereocenters. The Kier molecular flexibility index (Phi) is 5.20. The molecule has 30 heavy (non-hydrogen) atoms. The van der Waals surface area contributed by atoms with Crippen LogP contribution in [0.4, 0.5) is 5.69 Å². The van der Waals surface area contributed by atoms with Crippen LogP contribution in [0.25, 0.3) is 21.8 Å². The number of carbonyl (C=O) groups excluding carboxylic acids is 2. The van der Waals surface area contributed by atoms with E-state index < -0.39 is 5.91 Å². The molecular formula is C23H22N4O3. The largest absolute Gasteiger partial charge is 0.342 e. The summed E-state index contributed by atoms with van der Waals surface area (Å²) in [6, 6.07) is 17.2. The number of hydroxylamine groups is 1. The molecule has 0 fully saturated rings. The molecule has 152 valence electrons. The van der Waals surface area contributed by atoms with Gasteiger partial charge in [-0.1, -0.05) is 30.3 Å². The number of aryl methyl sites for hydroxylation is 3. The van der Waals surface area contributed by atoms with Gasteiger partial charge >= 0.3 is 0 Å². The number of nitrogens with one attached hydrogen (secondary N) is 2. The van der Waals surface area contributed by atoms with Gasteiger partial charge < -0.3 is 9.88 Å². The topological polar surface area (TPSA) is 96.2 Å². The summed E-state index contributed by atoms with van der Waals surface area (Å²) >= 11 is 0. The molecule has 4 aromatic rings. The highest BCUT2D eigenvalue weighted by Crippen LogP contribution is 2.30. The maximum atomic E-state index is 12.8. The number of amides is 2. The molecular weight excluding hydrogens is 380 g/mol. The van der Waals surface area contributed by atoms with Gasteiger partial charge in [-0.05, 0) is 43.2 Å². The van der Waals surface area contributed by atoms with Crippen LogP contribution in [0, 0.1) is 6.92 Å². The lowest BCUT2D eigenvalue weighted by atomic mass is 10.1. The van der Waals surface area contributed by atoms with E-state index in [1.807, 2.05) is 44.3 Å². The highest BCUT2D eigenvalue weighted by atomic mass is 16.5. The lowest BCUT2D eigenvalue weighted by Crippen LogP contribution is -2.18. The molecule has 0 aliphatic carbocycles. The van der Waals surface area contributed by atoms with Crippen molar-refractivity contribution in [3.05, 3.63) is 71.5 Å². The maximum absolute atomic E-state index is 12.8. The van der Waals surface area contributed by atoms with Gasteiger partial charge in [0.1, 0.15) is 5.69 Å². The summed E-state index contributed by atoms with van der Waals surface area (Å²) < 4.78 is 2.10. The minimum absolute atomic E-state index is 0.191. The minimum Gasteiger partial charge on any atom is -0.342 e. The zero-order valence-electron chi connectivity index (χ0n) is 16.8. The third-order valence-corrected chi connectivity index (χ3v) is 5.27. The molecule has 0 spiro atoms. The van der Waals surface area contributed by atoms with E-state index in [-0.39, 0.29) is 12.3 Å². The molecule has 7 nitrogen and oxygen atoms in total. The van der Waals surface area contributed by atoms with E-state index in [0.717, 1.165) is 33.1 Å². The Balaban J connectivity index is 1.58. The number of anilines is 1. The van der Waals surface area contributed by atoms with Gasteiger partial charge in [-0.3, -0.25) is 14.8 Å². The van der Waals surface area contributed by atoms with Crippen LogP contribution in [0.2, 0.25) is 0 Å². The smallest absolute Gasteiger partial charge is 0.274 e. The summed E-state index contributed by atoms with van der Waals surface area (Å²) in [6.07, 6.45) is 0.690. The minimum atomic E-state index is -0.433. The predicted octanol–water partition coefficient (Wildman–Crippen LogP) is 3.73. The Bertz CT molecular complexity index is 1260. The Morgan fingerprint density at radius 1 is 1.07 bits per heavy atom. The fourth-order valence-corrected chi connectivity index (χ4v) is 3.79. The molecule has 3 N–H and O–H groups in total. The van der Waals surface area contributed by atoms with Crippen molar-refractivity contribution < 1.29 is 14.8 Å². The molecule has 0 atom stereocenters. The van der Waals surface area contributed by atoms with E-state index in [1.54, 1.807) is 17.6 Å². The van der Waals surface area contributed by atoms with E-state index in [9.17, 15) is 9.59 Å². The second-order valence-corrected chi connectivity index (χ2v) is 7.25. The standard InChI is InChI=1S/C23H22N4O3/c1-14-22-18(17-5-3-4-6-20(17)27(22)2)13-19(24-14)23(29)25-16-10-7-15(8-11-16)9-12-21(28)26-30/h3-8,10-11,13,30H,9,12H2,1-2H3,(H,25,29)(H,26,28). The average molecular weight is 402 g/mol. The van der Waals surface area contributed by atoms with Crippen LogP contribution in [0.1, 0.15) is 28.2 Å². The monoisotopic (exact) mass is 402 g/mol. The molecule has 0 saturated carbocycles. The lowest BCUT2D eigenvalue weighted by molar-refractivity contribution is -0.129. The van der Waals surface area contributed by atoms with Crippen molar-refractivity contribution >= 4 is 39.3 Å². The van der Waals surface area contributed by atoms with Gasteiger partial charge in [-0.25, -0.2) is 10.5 Å².